The molecule has 0 spiro atoms. The Bertz CT molecular complexity index is 4690. The zero-order valence-corrected chi connectivity index (χ0v) is 50.6. The van der Waals surface area contributed by atoms with Crippen molar-refractivity contribution in [2.75, 3.05) is 9.80 Å². The zero-order valence-electron chi connectivity index (χ0n) is 50.6. The number of benzene rings is 12. The van der Waals surface area contributed by atoms with Crippen molar-refractivity contribution < 1.29 is 0 Å². The summed E-state index contributed by atoms with van der Waals surface area (Å²) in [4.78, 5) is 5.46. The Balaban J connectivity index is 1.05. The average Bonchev–Trinajstić information content (AvgIpc) is 1.15. The van der Waals surface area contributed by atoms with Crippen molar-refractivity contribution in [2.24, 2.45) is 0 Å². The first kappa shape index (κ1) is 52.4. The molecule has 2 heterocycles. The number of rotatable bonds is 12. The third-order valence-electron chi connectivity index (χ3n) is 19.9. The van der Waals surface area contributed by atoms with E-state index in [0.29, 0.717) is 0 Å². The summed E-state index contributed by atoms with van der Waals surface area (Å²) in [6.45, 7) is 14.2. The van der Waals surface area contributed by atoms with E-state index < -0.39 is 0 Å². The molecule has 0 fully saturated rings. The van der Waals surface area contributed by atoms with E-state index in [2.05, 4.69) is 267 Å². The number of nitrogens with zero attached hydrogens (tertiary/aromatic N) is 4. The molecule has 0 N–H and O–H groups in total. The van der Waals surface area contributed by atoms with E-state index in [4.69, 9.17) is 0 Å². The van der Waals surface area contributed by atoms with Gasteiger partial charge >= 0.3 is 0 Å². The number of fused-ring (bicyclic) bond motifs is 8. The SMILES string of the molecule is CCc1ccccc1-n1c2ccccc2c2cccc(N(c3cccc4c3CCCC4)c3cc(C(C)C)c4ccc5c(N(c6cccc7c6CCCC7)c6cccc7c8ccccc8n(-c8ccccc8CC)c67)cc(C(C)C)c6ccc3c4c65)c21. The molecule has 16 rings (SSSR count). The van der Waals surface area contributed by atoms with Crippen LogP contribution in [0.1, 0.15) is 124 Å². The van der Waals surface area contributed by atoms with Crippen molar-refractivity contribution in [3.63, 3.8) is 0 Å². The van der Waals surface area contributed by atoms with Crippen LogP contribution in [0, 0.1) is 0 Å². The highest BCUT2D eigenvalue weighted by molar-refractivity contribution is 6.30. The summed E-state index contributed by atoms with van der Waals surface area (Å²) < 4.78 is 5.19. The molecule has 86 heavy (non-hydrogen) atoms. The quantitative estimate of drug-likeness (QED) is 0.113. The summed E-state index contributed by atoms with van der Waals surface area (Å²) in [6, 6.07) is 80.1. The van der Waals surface area contributed by atoms with Crippen LogP contribution in [0.4, 0.5) is 34.1 Å². The molecule has 0 amide bonds. The predicted molar refractivity (Wildman–Crippen MR) is 368 cm³/mol. The zero-order chi connectivity index (χ0) is 57.9. The summed E-state index contributed by atoms with van der Waals surface area (Å²) in [5.74, 6) is 0.482. The van der Waals surface area contributed by atoms with E-state index in [1.54, 1.807) is 0 Å². The van der Waals surface area contributed by atoms with Crippen molar-refractivity contribution in [3.8, 4) is 11.4 Å². The molecule has 14 aromatic rings. The highest BCUT2D eigenvalue weighted by atomic mass is 15.2. The second-order valence-corrected chi connectivity index (χ2v) is 25.3. The lowest BCUT2D eigenvalue weighted by Crippen LogP contribution is -2.18. The number of hydrogen-bond donors (Lipinski definition) is 0. The molecule has 0 saturated carbocycles. The minimum atomic E-state index is 0.241. The molecule has 0 aliphatic heterocycles. The minimum Gasteiger partial charge on any atom is -0.307 e. The van der Waals surface area contributed by atoms with Gasteiger partial charge in [0.1, 0.15) is 0 Å². The Morgan fingerprint density at radius 3 is 1.15 bits per heavy atom. The Labute approximate surface area is 505 Å². The average molecular weight is 1120 g/mol. The third-order valence-corrected chi connectivity index (χ3v) is 19.9. The van der Waals surface area contributed by atoms with Crippen LogP contribution in [0.25, 0.3) is 87.3 Å². The van der Waals surface area contributed by atoms with Crippen molar-refractivity contribution in [3.05, 3.63) is 251 Å². The molecule has 0 atom stereocenters. The normalized spacial score (nSPS) is 13.6. The van der Waals surface area contributed by atoms with Gasteiger partial charge in [0.15, 0.2) is 0 Å². The van der Waals surface area contributed by atoms with Crippen LogP contribution in [0.2, 0.25) is 0 Å². The Morgan fingerprint density at radius 1 is 0.337 bits per heavy atom. The van der Waals surface area contributed by atoms with Crippen molar-refractivity contribution in [1.29, 1.82) is 0 Å². The fourth-order valence-corrected chi connectivity index (χ4v) is 16.0. The maximum atomic E-state index is 2.73. The van der Waals surface area contributed by atoms with Gasteiger partial charge in [-0.25, -0.2) is 0 Å². The maximum absolute atomic E-state index is 2.73. The first-order valence-corrected chi connectivity index (χ1v) is 32.1. The Hall–Kier alpha value is -9.12. The molecular weight excluding hydrogens is 1040 g/mol. The maximum Gasteiger partial charge on any atom is 0.0782 e. The topological polar surface area (TPSA) is 16.3 Å². The van der Waals surface area contributed by atoms with Gasteiger partial charge in [0.05, 0.1) is 44.8 Å². The smallest absolute Gasteiger partial charge is 0.0782 e. The van der Waals surface area contributed by atoms with E-state index in [1.807, 2.05) is 0 Å². The van der Waals surface area contributed by atoms with Crippen molar-refractivity contribution >= 4 is 110 Å². The van der Waals surface area contributed by atoms with E-state index in [0.717, 1.165) is 38.5 Å². The van der Waals surface area contributed by atoms with Crippen LogP contribution in [-0.4, -0.2) is 9.13 Å². The van der Waals surface area contributed by atoms with E-state index in [-0.39, 0.29) is 11.8 Å². The van der Waals surface area contributed by atoms with Gasteiger partial charge in [0.2, 0.25) is 0 Å². The van der Waals surface area contributed by atoms with Gasteiger partial charge in [-0.05, 0) is 203 Å². The molecule has 2 aliphatic carbocycles. The first-order chi connectivity index (χ1) is 42.3. The highest BCUT2D eigenvalue weighted by Crippen LogP contribution is 2.55. The second kappa shape index (κ2) is 20.8. The minimum absolute atomic E-state index is 0.241. The number of anilines is 6. The molecule has 4 nitrogen and oxygen atoms in total. The number of hydrogen-bond acceptors (Lipinski definition) is 2. The van der Waals surface area contributed by atoms with Crippen molar-refractivity contribution in [1.82, 2.24) is 9.13 Å². The lowest BCUT2D eigenvalue weighted by atomic mass is 9.83. The Kier molecular flexibility index (Phi) is 12.7. The van der Waals surface area contributed by atoms with Crippen LogP contribution in [0.15, 0.2) is 206 Å². The van der Waals surface area contributed by atoms with Gasteiger partial charge in [-0.15, -0.1) is 0 Å². The fraction of sp³-hybridized carbons (Fsp3) is 0.220. The third kappa shape index (κ3) is 7.94. The molecule has 2 aromatic heterocycles. The van der Waals surface area contributed by atoms with Gasteiger partial charge in [-0.2, -0.15) is 0 Å². The van der Waals surface area contributed by atoms with Crippen LogP contribution in [0.3, 0.4) is 0 Å². The van der Waals surface area contributed by atoms with Gasteiger partial charge in [0, 0.05) is 55.1 Å². The molecular formula is C82H74N4. The molecule has 12 aromatic carbocycles. The second-order valence-electron chi connectivity index (χ2n) is 25.3. The largest absolute Gasteiger partial charge is 0.307 e. The predicted octanol–water partition coefficient (Wildman–Crippen LogP) is 22.8. The van der Waals surface area contributed by atoms with Crippen LogP contribution in [-0.2, 0) is 38.5 Å². The molecule has 0 unspecified atom stereocenters. The molecule has 2 aliphatic rings. The molecule has 0 saturated heterocycles. The van der Waals surface area contributed by atoms with Crippen molar-refractivity contribution in [2.45, 2.75) is 118 Å². The van der Waals surface area contributed by atoms with E-state index in [9.17, 15) is 0 Å². The summed E-state index contributed by atoms with van der Waals surface area (Å²) >= 11 is 0. The lowest BCUT2D eigenvalue weighted by molar-refractivity contribution is 0.686. The summed E-state index contributed by atoms with van der Waals surface area (Å²) in [5.41, 5.74) is 26.2. The van der Waals surface area contributed by atoms with E-state index in [1.165, 1.54) is 192 Å². The molecule has 0 bridgehead atoms. The molecule has 422 valence electrons. The van der Waals surface area contributed by atoms with Gasteiger partial charge in [-0.3, -0.25) is 0 Å². The molecule has 4 heteroatoms. The lowest BCUT2D eigenvalue weighted by Gasteiger charge is -2.34. The van der Waals surface area contributed by atoms with Gasteiger partial charge in [-0.1, -0.05) is 187 Å². The monoisotopic (exact) mass is 1110 g/mol. The number of aromatic nitrogens is 2. The van der Waals surface area contributed by atoms with Gasteiger partial charge in [0.25, 0.3) is 0 Å². The van der Waals surface area contributed by atoms with Gasteiger partial charge < -0.3 is 18.9 Å². The van der Waals surface area contributed by atoms with Crippen LogP contribution < -0.4 is 9.80 Å². The standard InChI is InChI=1S/C82H74N4/c1-7-53-25-11-17-37-69(53)85-73-39-19-15-33-59(73)63-35-23-43-75(81(63)85)83(71-41-21-29-55-27-9-13-31-57(55)71)77-49-67(51(3)4)61-46-48-66-78(50-68(52(5)6)62-45-47-65(77)79(61)80(62)66)84(72-42-22-30-56-28-10-14-32-58(56)72)76-44-24-36-64-60-34-16-20-40-74(60)86(82(64)76)70-38-18-12-26-54(70)8-2/h11-12,15-26,29-30,33-52H,7-10,13-14,27-28,31-32H2,1-6H3. The fourth-order valence-electron chi connectivity index (χ4n) is 16.0. The highest BCUT2D eigenvalue weighted by Gasteiger charge is 2.32. The molecule has 0 radical (unpaired) electrons. The Morgan fingerprint density at radius 2 is 0.709 bits per heavy atom. The van der Waals surface area contributed by atoms with Crippen LogP contribution >= 0.6 is 0 Å². The first-order valence-electron chi connectivity index (χ1n) is 32.1. The van der Waals surface area contributed by atoms with E-state index >= 15 is 0 Å². The van der Waals surface area contributed by atoms with Crippen LogP contribution in [0.5, 0.6) is 0 Å². The summed E-state index contributed by atoms with van der Waals surface area (Å²) in [5, 5.41) is 13.0. The summed E-state index contributed by atoms with van der Waals surface area (Å²) in [7, 11) is 0. The summed E-state index contributed by atoms with van der Waals surface area (Å²) in [6.07, 6.45) is 11.0. The number of aryl methyl sites for hydroxylation is 4. The number of para-hydroxylation sites is 6.